The second kappa shape index (κ2) is 21.6. The summed E-state index contributed by atoms with van der Waals surface area (Å²) in [5.41, 5.74) is 10.9. The van der Waals surface area contributed by atoms with Gasteiger partial charge in [0.2, 0.25) is 0 Å². The first-order chi connectivity index (χ1) is 31.1. The van der Waals surface area contributed by atoms with E-state index < -0.39 is 5.97 Å². The van der Waals surface area contributed by atoms with Crippen LogP contribution in [0.5, 0.6) is 23.0 Å². The van der Waals surface area contributed by atoms with Crippen LogP contribution in [0.15, 0.2) is 122 Å². The number of aromatic carboxylic acids is 1. The molecule has 0 fully saturated rings. The summed E-state index contributed by atoms with van der Waals surface area (Å²) >= 11 is 12.7. The van der Waals surface area contributed by atoms with Gasteiger partial charge >= 0.3 is 11.9 Å². The Bertz CT molecular complexity index is 2680. The highest BCUT2D eigenvalue weighted by molar-refractivity contribution is 6.31. The van der Waals surface area contributed by atoms with Crippen molar-refractivity contribution in [3.63, 3.8) is 0 Å². The minimum absolute atomic E-state index is 0.179. The number of aromatic nitrogens is 2. The molecule has 4 aromatic carbocycles. The zero-order valence-electron chi connectivity index (χ0n) is 35.9. The Labute approximate surface area is 383 Å². The number of nitrogens with zero attached hydrogens (tertiary/aromatic N) is 2. The van der Waals surface area contributed by atoms with Gasteiger partial charge in [-0.2, -0.15) is 0 Å². The summed E-state index contributed by atoms with van der Waals surface area (Å²) in [6.45, 7) is 2.96. The van der Waals surface area contributed by atoms with Gasteiger partial charge in [0, 0.05) is 46.0 Å². The monoisotopic (exact) mass is 898 g/mol. The van der Waals surface area contributed by atoms with Crippen LogP contribution >= 0.6 is 23.2 Å². The number of halogens is 2. The number of methoxy groups -OCH3 is 2. The van der Waals surface area contributed by atoms with Crippen molar-refractivity contribution < 1.29 is 38.4 Å². The summed E-state index contributed by atoms with van der Waals surface area (Å²) in [7, 11) is 3.29. The third kappa shape index (κ3) is 11.3. The highest BCUT2D eigenvalue weighted by Crippen LogP contribution is 2.45. The lowest BCUT2D eigenvalue weighted by Gasteiger charge is -2.15. The Hall–Kier alpha value is -6.62. The zero-order valence-corrected chi connectivity index (χ0v) is 37.4. The van der Waals surface area contributed by atoms with Crippen molar-refractivity contribution in [1.29, 1.82) is 0 Å². The normalized spacial score (nSPS) is 13.3. The molecule has 0 amide bonds. The molecule has 8 rings (SSSR count). The second-order valence-corrected chi connectivity index (χ2v) is 16.0. The summed E-state index contributed by atoms with van der Waals surface area (Å²) in [4.78, 5) is 32.0. The number of allylic oxidation sites excluding steroid dienone is 4. The fraction of sp³-hybridized carbons (Fsp3) is 0.231. The minimum atomic E-state index is -0.985. The molecule has 0 spiro atoms. The average molecular weight is 900 g/mol. The smallest absolute Gasteiger partial charge is 0.339 e. The molecular formula is C52H48Cl2N2O8. The van der Waals surface area contributed by atoms with Crippen molar-refractivity contribution in [2.24, 2.45) is 0 Å². The fourth-order valence-electron chi connectivity index (χ4n) is 7.87. The molecule has 6 aromatic rings. The van der Waals surface area contributed by atoms with Crippen LogP contribution in [0.25, 0.3) is 22.3 Å². The van der Waals surface area contributed by atoms with E-state index in [1.807, 2.05) is 91.0 Å². The molecule has 0 unspecified atom stereocenters. The van der Waals surface area contributed by atoms with Crippen molar-refractivity contribution >= 4 is 57.4 Å². The Balaban J connectivity index is 0.000000192. The number of hydrogen-bond donors (Lipinski definition) is 1. The third-order valence-electron chi connectivity index (χ3n) is 11.0. The number of ether oxygens (including phenoxy) is 5. The molecule has 2 aliphatic carbocycles. The number of carboxylic acid groups (broad SMARTS) is 1. The maximum absolute atomic E-state index is 12.2. The largest absolute Gasteiger partial charge is 0.497 e. The standard InChI is InChI=1S/C27H26ClNO4.C25H22ClNO4/c1-3-32-27(30)20-13-19(15-29-16-20)23-5-4-6-24(23)25-14-21(28)9-12-26(25)33-17-18-7-10-22(31-2)11-8-18;1-30-20-8-5-16(6-9-20)15-31-24-10-7-19(26)12-23(24)22-4-2-3-21(22)17-11-18(25(28)29)14-27-13-17/h7-16H,3-6,17H2,1-2H3;5-14H,2-4,15H2,1H3,(H,28,29). The number of carbonyl (C=O) groups is 2. The predicted molar refractivity (Wildman–Crippen MR) is 250 cm³/mol. The molecule has 2 heterocycles. The molecule has 1 N–H and O–H groups in total. The van der Waals surface area contributed by atoms with E-state index in [2.05, 4.69) is 9.97 Å². The Morgan fingerprint density at radius 1 is 0.578 bits per heavy atom. The van der Waals surface area contributed by atoms with Crippen molar-refractivity contribution in [3.05, 3.63) is 176 Å². The summed E-state index contributed by atoms with van der Waals surface area (Å²) in [6, 6.07) is 30.4. The average Bonchev–Trinajstić information content (AvgIpc) is 4.03. The van der Waals surface area contributed by atoms with Gasteiger partial charge in [-0.3, -0.25) is 9.97 Å². The molecular weight excluding hydrogens is 851 g/mol. The van der Waals surface area contributed by atoms with E-state index in [1.54, 1.807) is 45.8 Å². The molecule has 2 aromatic heterocycles. The number of rotatable bonds is 15. The number of carboxylic acids is 1. The van der Waals surface area contributed by atoms with E-state index in [0.717, 1.165) is 112 Å². The van der Waals surface area contributed by atoms with Crippen molar-refractivity contribution in [2.45, 2.75) is 58.7 Å². The van der Waals surface area contributed by atoms with Crippen LogP contribution in [-0.4, -0.2) is 47.8 Å². The van der Waals surface area contributed by atoms with E-state index in [4.69, 9.17) is 46.9 Å². The molecule has 0 bridgehead atoms. The zero-order chi connectivity index (χ0) is 45.0. The van der Waals surface area contributed by atoms with Gasteiger partial charge in [-0.05, 0) is 163 Å². The molecule has 0 atom stereocenters. The van der Waals surface area contributed by atoms with Gasteiger partial charge in [0.05, 0.1) is 32.0 Å². The van der Waals surface area contributed by atoms with Gasteiger partial charge in [-0.15, -0.1) is 0 Å². The molecule has 64 heavy (non-hydrogen) atoms. The Morgan fingerprint density at radius 3 is 1.45 bits per heavy atom. The molecule has 12 heteroatoms. The Kier molecular flexibility index (Phi) is 15.4. The van der Waals surface area contributed by atoms with Crippen LogP contribution in [0.3, 0.4) is 0 Å². The molecule has 10 nitrogen and oxygen atoms in total. The molecule has 2 aliphatic rings. The van der Waals surface area contributed by atoms with Crippen LogP contribution in [0.4, 0.5) is 0 Å². The van der Waals surface area contributed by atoms with Crippen molar-refractivity contribution in [3.8, 4) is 23.0 Å². The fourth-order valence-corrected chi connectivity index (χ4v) is 8.21. The predicted octanol–water partition coefficient (Wildman–Crippen LogP) is 12.7. The molecule has 0 aliphatic heterocycles. The topological polar surface area (TPSA) is 126 Å². The van der Waals surface area contributed by atoms with Crippen LogP contribution < -0.4 is 18.9 Å². The van der Waals surface area contributed by atoms with Crippen LogP contribution in [0, 0.1) is 0 Å². The summed E-state index contributed by atoms with van der Waals surface area (Å²) in [6.07, 6.45) is 11.9. The lowest BCUT2D eigenvalue weighted by atomic mass is 9.96. The number of benzene rings is 4. The number of pyridine rings is 2. The van der Waals surface area contributed by atoms with Crippen molar-refractivity contribution in [1.82, 2.24) is 9.97 Å². The summed E-state index contributed by atoms with van der Waals surface area (Å²) in [5.74, 6) is 1.79. The van der Waals surface area contributed by atoms with Gasteiger partial charge in [-0.25, -0.2) is 9.59 Å². The van der Waals surface area contributed by atoms with Gasteiger partial charge in [0.15, 0.2) is 0 Å². The van der Waals surface area contributed by atoms with Crippen LogP contribution in [-0.2, 0) is 18.0 Å². The maximum atomic E-state index is 12.2. The third-order valence-corrected chi connectivity index (χ3v) is 11.5. The van der Waals surface area contributed by atoms with E-state index >= 15 is 0 Å². The number of hydrogen-bond acceptors (Lipinski definition) is 9. The number of carbonyl (C=O) groups excluding carboxylic acids is 1. The van der Waals surface area contributed by atoms with E-state index in [-0.39, 0.29) is 11.5 Å². The summed E-state index contributed by atoms with van der Waals surface area (Å²) in [5, 5.41) is 10.6. The SMILES string of the molecule is CCOC(=O)c1cncc(C2=C(c3cc(Cl)ccc3OCc3ccc(OC)cc3)CCC2)c1.COc1ccc(COc2ccc(Cl)cc2C2=C(c3cncc(C(=O)O)c3)CCC2)cc1. The highest BCUT2D eigenvalue weighted by atomic mass is 35.5. The molecule has 0 saturated heterocycles. The molecule has 0 saturated carbocycles. The van der Waals surface area contributed by atoms with Crippen LogP contribution in [0.1, 0.15) is 99.5 Å². The molecule has 328 valence electrons. The highest BCUT2D eigenvalue weighted by Gasteiger charge is 2.24. The van der Waals surface area contributed by atoms with Gasteiger partial charge in [-0.1, -0.05) is 47.5 Å². The first kappa shape index (κ1) is 45.4. The van der Waals surface area contributed by atoms with Gasteiger partial charge in [0.1, 0.15) is 36.2 Å². The van der Waals surface area contributed by atoms with E-state index in [9.17, 15) is 14.7 Å². The van der Waals surface area contributed by atoms with Gasteiger partial charge in [0.25, 0.3) is 0 Å². The lowest BCUT2D eigenvalue weighted by Crippen LogP contribution is -2.05. The number of esters is 1. The van der Waals surface area contributed by atoms with E-state index in [1.165, 1.54) is 11.8 Å². The summed E-state index contributed by atoms with van der Waals surface area (Å²) < 4.78 is 28.0. The minimum Gasteiger partial charge on any atom is -0.497 e. The first-order valence-corrected chi connectivity index (χ1v) is 21.8. The molecule has 0 radical (unpaired) electrons. The maximum Gasteiger partial charge on any atom is 0.339 e. The second-order valence-electron chi connectivity index (χ2n) is 15.1. The van der Waals surface area contributed by atoms with Gasteiger partial charge < -0.3 is 28.8 Å². The van der Waals surface area contributed by atoms with Crippen molar-refractivity contribution in [2.75, 3.05) is 20.8 Å². The lowest BCUT2D eigenvalue weighted by molar-refractivity contribution is 0.0525. The van der Waals surface area contributed by atoms with E-state index in [0.29, 0.717) is 35.4 Å². The van der Waals surface area contributed by atoms with Crippen LogP contribution in [0.2, 0.25) is 10.0 Å². The Morgan fingerprint density at radius 2 is 1.02 bits per heavy atom. The quantitative estimate of drug-likeness (QED) is 0.0995. The first-order valence-electron chi connectivity index (χ1n) is 21.0.